The molecule has 182 valence electrons. The Bertz CT molecular complexity index is 1100. The van der Waals surface area contributed by atoms with Gasteiger partial charge in [0.05, 0.1) is 17.9 Å². The predicted molar refractivity (Wildman–Crippen MR) is 131 cm³/mol. The Morgan fingerprint density at radius 1 is 1.15 bits per heavy atom. The summed E-state index contributed by atoms with van der Waals surface area (Å²) >= 11 is 0. The molecule has 2 aromatic rings. The summed E-state index contributed by atoms with van der Waals surface area (Å²) in [5.74, 6) is -0.365. The molecule has 8 heteroatoms. The van der Waals surface area contributed by atoms with Crippen LogP contribution < -0.4 is 5.56 Å². The number of ether oxygens (including phenoxy) is 1. The van der Waals surface area contributed by atoms with Crippen molar-refractivity contribution < 1.29 is 14.6 Å². The fraction of sp³-hybridized carbons (Fsp3) is 0.500. The zero-order valence-corrected chi connectivity index (χ0v) is 20.5. The largest absolute Gasteiger partial charge is 0.493 e. The van der Waals surface area contributed by atoms with Crippen molar-refractivity contribution in [1.82, 2.24) is 4.57 Å². The lowest BCUT2D eigenvalue weighted by molar-refractivity contribution is 0.0428. The maximum absolute atomic E-state index is 12.8. The molecule has 0 bridgehead atoms. The van der Waals surface area contributed by atoms with Gasteiger partial charge in [-0.1, -0.05) is 46.5 Å². The Morgan fingerprint density at radius 3 is 2.41 bits per heavy atom. The van der Waals surface area contributed by atoms with Crippen LogP contribution in [0.4, 0.5) is 11.4 Å². The monoisotopic (exact) mass is 466 g/mol. The molecule has 1 aromatic carbocycles. The highest BCUT2D eigenvalue weighted by molar-refractivity contribution is 5.89. The number of hydrogen-bond donors (Lipinski definition) is 1. The standard InChI is InChI=1S/C26H34N4O4/c1-5-8-10-19(7-3)17-34-26(33)20-11-13-21(14-12-20)28-29-23-18(4)22(16-27)24(31)30(25(23)32)15-9-6-2/h11-14,19,31H,5-10,15,17H2,1-4H3. The SMILES string of the molecule is CCCCC(CC)COC(=O)c1ccc(N=Nc2c(C)c(C#N)c(O)n(CCCC)c2=O)cc1. The third kappa shape index (κ3) is 6.77. The second kappa shape index (κ2) is 13.3. The quantitative estimate of drug-likeness (QED) is 0.290. The van der Waals surface area contributed by atoms with E-state index in [-0.39, 0.29) is 35.2 Å². The molecule has 0 aliphatic rings. The van der Waals surface area contributed by atoms with E-state index in [9.17, 15) is 20.0 Å². The summed E-state index contributed by atoms with van der Waals surface area (Å²) in [5.41, 5.74) is 0.643. The average Bonchev–Trinajstić information content (AvgIpc) is 2.84. The minimum atomic E-state index is -0.500. The van der Waals surface area contributed by atoms with Gasteiger partial charge in [0.25, 0.3) is 5.56 Å². The van der Waals surface area contributed by atoms with E-state index in [1.54, 1.807) is 31.2 Å². The number of carbonyl (C=O) groups excluding carboxylic acids is 1. The van der Waals surface area contributed by atoms with Crippen LogP contribution in [0.2, 0.25) is 0 Å². The Hall–Kier alpha value is -3.47. The van der Waals surface area contributed by atoms with Crippen molar-refractivity contribution >= 4 is 17.3 Å². The molecule has 0 spiro atoms. The average molecular weight is 467 g/mol. The van der Waals surface area contributed by atoms with E-state index in [0.29, 0.717) is 30.2 Å². The van der Waals surface area contributed by atoms with Gasteiger partial charge in [-0.3, -0.25) is 9.36 Å². The van der Waals surface area contributed by atoms with Gasteiger partial charge in [0, 0.05) is 12.1 Å². The van der Waals surface area contributed by atoms with Gasteiger partial charge in [0.2, 0.25) is 5.88 Å². The molecule has 0 fully saturated rings. The van der Waals surface area contributed by atoms with Crippen LogP contribution in [0.15, 0.2) is 39.3 Å². The molecule has 8 nitrogen and oxygen atoms in total. The molecule has 0 aliphatic heterocycles. The lowest BCUT2D eigenvalue weighted by Crippen LogP contribution is -2.22. The van der Waals surface area contributed by atoms with Crippen LogP contribution in [0.25, 0.3) is 0 Å². The number of esters is 1. The number of hydrogen-bond acceptors (Lipinski definition) is 7. The number of rotatable bonds is 12. The number of nitrogens with zero attached hydrogens (tertiary/aromatic N) is 4. The van der Waals surface area contributed by atoms with Gasteiger partial charge in [0.1, 0.15) is 11.6 Å². The maximum Gasteiger partial charge on any atom is 0.338 e. The summed E-state index contributed by atoms with van der Waals surface area (Å²) in [6.07, 6.45) is 5.75. The van der Waals surface area contributed by atoms with Crippen molar-refractivity contribution in [3.8, 4) is 11.9 Å². The van der Waals surface area contributed by atoms with Crippen LogP contribution in [0, 0.1) is 24.2 Å². The normalized spacial score (nSPS) is 12.0. The van der Waals surface area contributed by atoms with Crippen molar-refractivity contribution in [2.24, 2.45) is 16.1 Å². The number of carbonyl (C=O) groups is 1. The molecule has 1 N–H and O–H groups in total. The van der Waals surface area contributed by atoms with E-state index in [4.69, 9.17) is 4.74 Å². The highest BCUT2D eigenvalue weighted by Gasteiger charge is 2.19. The number of pyridine rings is 1. The van der Waals surface area contributed by atoms with Gasteiger partial charge in [-0.25, -0.2) is 4.79 Å². The molecule has 2 rings (SSSR count). The second-order valence-electron chi connectivity index (χ2n) is 8.36. The summed E-state index contributed by atoms with van der Waals surface area (Å²) in [4.78, 5) is 25.2. The molecule has 0 aliphatic carbocycles. The van der Waals surface area contributed by atoms with Gasteiger partial charge >= 0.3 is 5.97 Å². The molecule has 0 radical (unpaired) electrons. The van der Waals surface area contributed by atoms with E-state index >= 15 is 0 Å². The predicted octanol–water partition coefficient (Wildman–Crippen LogP) is 6.32. The molecule has 1 heterocycles. The van der Waals surface area contributed by atoms with Crippen LogP contribution >= 0.6 is 0 Å². The van der Waals surface area contributed by atoms with E-state index < -0.39 is 5.56 Å². The second-order valence-corrected chi connectivity index (χ2v) is 8.36. The number of azo groups is 1. The Labute approximate surface area is 200 Å². The minimum absolute atomic E-state index is 0.00614. The van der Waals surface area contributed by atoms with Gasteiger partial charge in [0.15, 0.2) is 5.69 Å². The third-order valence-electron chi connectivity index (χ3n) is 5.87. The first-order valence-electron chi connectivity index (χ1n) is 11.9. The van der Waals surface area contributed by atoms with Crippen molar-refractivity contribution in [1.29, 1.82) is 5.26 Å². The van der Waals surface area contributed by atoms with Crippen molar-refractivity contribution in [2.75, 3.05) is 6.61 Å². The lowest BCUT2D eigenvalue weighted by Gasteiger charge is -2.14. The Balaban J connectivity index is 2.18. The van der Waals surface area contributed by atoms with Crippen molar-refractivity contribution in [2.45, 2.75) is 72.8 Å². The first kappa shape index (κ1) is 26.8. The fourth-order valence-corrected chi connectivity index (χ4v) is 3.53. The summed E-state index contributed by atoms with van der Waals surface area (Å²) in [6, 6.07) is 8.38. The molecular formula is C26H34N4O4. The minimum Gasteiger partial charge on any atom is -0.493 e. The molecule has 1 atom stereocenters. The number of unbranched alkanes of at least 4 members (excludes halogenated alkanes) is 2. The van der Waals surface area contributed by atoms with E-state index in [0.717, 1.165) is 36.7 Å². The summed E-state index contributed by atoms with van der Waals surface area (Å²) in [7, 11) is 0. The van der Waals surface area contributed by atoms with E-state index in [1.807, 2.05) is 13.0 Å². The van der Waals surface area contributed by atoms with Crippen molar-refractivity contribution in [3.05, 3.63) is 51.3 Å². The number of nitriles is 1. The molecular weight excluding hydrogens is 432 g/mol. The molecule has 0 saturated heterocycles. The molecule has 1 unspecified atom stereocenters. The number of aromatic nitrogens is 1. The topological polar surface area (TPSA) is 117 Å². The van der Waals surface area contributed by atoms with Gasteiger partial charge in [-0.2, -0.15) is 10.4 Å². The zero-order valence-electron chi connectivity index (χ0n) is 20.5. The van der Waals surface area contributed by atoms with Crippen LogP contribution in [0.5, 0.6) is 5.88 Å². The van der Waals surface area contributed by atoms with Crippen LogP contribution in [0.1, 0.15) is 80.8 Å². The highest BCUT2D eigenvalue weighted by Crippen LogP contribution is 2.27. The first-order valence-corrected chi connectivity index (χ1v) is 11.9. The number of aromatic hydroxyl groups is 1. The first-order chi connectivity index (χ1) is 16.4. The van der Waals surface area contributed by atoms with E-state index in [2.05, 4.69) is 24.1 Å². The molecule has 0 amide bonds. The molecule has 0 saturated carbocycles. The molecule has 1 aromatic heterocycles. The van der Waals surface area contributed by atoms with Gasteiger partial charge in [-0.05, 0) is 49.9 Å². The highest BCUT2D eigenvalue weighted by atomic mass is 16.5. The van der Waals surface area contributed by atoms with Crippen LogP contribution in [-0.4, -0.2) is 22.2 Å². The van der Waals surface area contributed by atoms with Gasteiger partial charge in [-0.15, -0.1) is 5.11 Å². The molecule has 34 heavy (non-hydrogen) atoms. The summed E-state index contributed by atoms with van der Waals surface area (Å²) in [5, 5.41) is 28.0. The lowest BCUT2D eigenvalue weighted by atomic mass is 10.0. The summed E-state index contributed by atoms with van der Waals surface area (Å²) in [6.45, 7) is 8.46. The Kier molecular flexibility index (Phi) is 10.5. The smallest absolute Gasteiger partial charge is 0.338 e. The van der Waals surface area contributed by atoms with Gasteiger partial charge < -0.3 is 9.84 Å². The Morgan fingerprint density at radius 2 is 1.82 bits per heavy atom. The number of benzene rings is 1. The van der Waals surface area contributed by atoms with Crippen molar-refractivity contribution in [3.63, 3.8) is 0 Å². The fourth-order valence-electron chi connectivity index (χ4n) is 3.53. The maximum atomic E-state index is 12.8. The van der Waals surface area contributed by atoms with Crippen LogP contribution in [-0.2, 0) is 11.3 Å². The third-order valence-corrected chi connectivity index (χ3v) is 5.87. The zero-order chi connectivity index (χ0) is 25.1. The summed E-state index contributed by atoms with van der Waals surface area (Å²) < 4.78 is 6.63. The van der Waals surface area contributed by atoms with E-state index in [1.165, 1.54) is 0 Å². The van der Waals surface area contributed by atoms with Crippen LogP contribution in [0.3, 0.4) is 0 Å².